The molecule has 0 saturated carbocycles. The van der Waals surface area contributed by atoms with E-state index in [-0.39, 0.29) is 0 Å². The zero-order valence-electron chi connectivity index (χ0n) is 6.95. The number of benzene rings is 1. The summed E-state index contributed by atoms with van der Waals surface area (Å²) in [4.78, 5) is -3.75. The molecule has 0 heterocycles. The van der Waals surface area contributed by atoms with Gasteiger partial charge >= 0.3 is 4.83 Å². The average molecular weight is 291 g/mol. The lowest BCUT2D eigenvalue weighted by atomic mass is 10.1. The molecule has 0 aliphatic heterocycles. The van der Waals surface area contributed by atoms with E-state index in [0.29, 0.717) is 12.1 Å². The molecule has 0 spiro atoms. The van der Waals surface area contributed by atoms with Crippen LogP contribution in [0, 0.1) is 17.5 Å². The standard InChI is InChI=1S/C8H4BrF5O/c9-8(13,14)7(15)3-1-4(10)6(12)5(11)2-3/h1-2,7,15H. The molecule has 15 heavy (non-hydrogen) atoms. The molecule has 1 atom stereocenters. The van der Waals surface area contributed by atoms with Gasteiger partial charge in [-0.05, 0) is 33.6 Å². The van der Waals surface area contributed by atoms with Crippen LogP contribution in [0.15, 0.2) is 12.1 Å². The maximum absolute atomic E-state index is 12.6. The molecule has 1 aromatic carbocycles. The van der Waals surface area contributed by atoms with E-state index in [4.69, 9.17) is 5.11 Å². The third-order valence-electron chi connectivity index (χ3n) is 1.63. The Kier molecular flexibility index (Phi) is 3.34. The first-order valence-electron chi connectivity index (χ1n) is 3.62. The van der Waals surface area contributed by atoms with Crippen LogP contribution >= 0.6 is 15.9 Å². The largest absolute Gasteiger partial charge is 0.381 e. The second kappa shape index (κ2) is 4.05. The van der Waals surface area contributed by atoms with E-state index in [1.165, 1.54) is 0 Å². The predicted octanol–water partition coefficient (Wildman–Crippen LogP) is 3.12. The second-order valence-electron chi connectivity index (χ2n) is 2.74. The Hall–Kier alpha value is -0.690. The number of alkyl halides is 3. The van der Waals surface area contributed by atoms with Gasteiger partial charge in [-0.15, -0.1) is 0 Å². The highest BCUT2D eigenvalue weighted by atomic mass is 79.9. The summed E-state index contributed by atoms with van der Waals surface area (Å²) in [6.45, 7) is 0. The molecule has 0 aromatic heterocycles. The van der Waals surface area contributed by atoms with Crippen LogP contribution in [0.2, 0.25) is 0 Å². The molecular weight excluding hydrogens is 287 g/mol. The summed E-state index contributed by atoms with van der Waals surface area (Å²) < 4.78 is 62.6. The molecule has 1 aromatic rings. The lowest BCUT2D eigenvalue weighted by Gasteiger charge is -2.16. The van der Waals surface area contributed by atoms with Gasteiger partial charge in [-0.2, -0.15) is 8.78 Å². The highest BCUT2D eigenvalue weighted by molar-refractivity contribution is 9.10. The van der Waals surface area contributed by atoms with Crippen molar-refractivity contribution in [2.45, 2.75) is 10.9 Å². The minimum Gasteiger partial charge on any atom is -0.381 e. The van der Waals surface area contributed by atoms with E-state index >= 15 is 0 Å². The van der Waals surface area contributed by atoms with Gasteiger partial charge in [0.25, 0.3) is 0 Å². The SMILES string of the molecule is OC(c1cc(F)c(F)c(F)c1)C(F)(F)Br. The summed E-state index contributed by atoms with van der Waals surface area (Å²) >= 11 is 1.83. The monoisotopic (exact) mass is 290 g/mol. The first kappa shape index (κ1) is 12.4. The quantitative estimate of drug-likeness (QED) is 0.504. The van der Waals surface area contributed by atoms with Gasteiger partial charge in [0.05, 0.1) is 0 Å². The van der Waals surface area contributed by atoms with Gasteiger partial charge in [-0.25, -0.2) is 13.2 Å². The molecule has 0 aliphatic rings. The fourth-order valence-corrected chi connectivity index (χ4v) is 1.19. The molecule has 0 radical (unpaired) electrons. The Morgan fingerprint density at radius 2 is 1.53 bits per heavy atom. The maximum Gasteiger partial charge on any atom is 0.330 e. The highest BCUT2D eigenvalue weighted by Crippen LogP contribution is 2.37. The van der Waals surface area contributed by atoms with E-state index in [9.17, 15) is 22.0 Å². The Labute approximate surface area is 89.7 Å². The minimum absolute atomic E-state index is 0.304. The lowest BCUT2D eigenvalue weighted by molar-refractivity contribution is -0.0297. The fraction of sp³-hybridized carbons (Fsp3) is 0.250. The Bertz CT molecular complexity index is 353. The van der Waals surface area contributed by atoms with Gasteiger partial charge in [0, 0.05) is 0 Å². The van der Waals surface area contributed by atoms with Gasteiger partial charge < -0.3 is 5.11 Å². The van der Waals surface area contributed by atoms with Crippen molar-refractivity contribution in [2.24, 2.45) is 0 Å². The average Bonchev–Trinajstić information content (AvgIpc) is 2.10. The number of aliphatic hydroxyl groups is 1. The van der Waals surface area contributed by atoms with E-state index < -0.39 is 34.0 Å². The molecule has 1 N–H and O–H groups in total. The summed E-state index contributed by atoms with van der Waals surface area (Å²) in [6, 6.07) is 0.608. The summed E-state index contributed by atoms with van der Waals surface area (Å²) in [5.41, 5.74) is -0.756. The Morgan fingerprint density at radius 3 is 1.87 bits per heavy atom. The normalized spacial score (nSPS) is 14.1. The van der Waals surface area contributed by atoms with Crippen LogP contribution in [0.5, 0.6) is 0 Å². The van der Waals surface area contributed by atoms with Gasteiger partial charge in [0.1, 0.15) is 0 Å². The molecule has 0 saturated heterocycles. The first-order chi connectivity index (χ1) is 6.73. The smallest absolute Gasteiger partial charge is 0.330 e. The first-order valence-corrected chi connectivity index (χ1v) is 4.42. The van der Waals surface area contributed by atoms with Gasteiger partial charge in [-0.3, -0.25) is 0 Å². The fourth-order valence-electron chi connectivity index (χ4n) is 0.922. The molecule has 0 aliphatic carbocycles. The summed E-state index contributed by atoms with van der Waals surface area (Å²) in [6.07, 6.45) is -2.46. The van der Waals surface area contributed by atoms with E-state index in [0.717, 1.165) is 0 Å². The van der Waals surface area contributed by atoms with Crippen LogP contribution in [0.1, 0.15) is 11.7 Å². The van der Waals surface area contributed by atoms with E-state index in [2.05, 4.69) is 0 Å². The van der Waals surface area contributed by atoms with Crippen molar-refractivity contribution in [3.63, 3.8) is 0 Å². The molecule has 0 bridgehead atoms. The predicted molar refractivity (Wildman–Crippen MR) is 45.1 cm³/mol. The molecule has 1 nitrogen and oxygen atoms in total. The Morgan fingerprint density at radius 1 is 1.13 bits per heavy atom. The number of hydrogen-bond donors (Lipinski definition) is 1. The van der Waals surface area contributed by atoms with Crippen molar-refractivity contribution in [3.8, 4) is 0 Å². The number of rotatable bonds is 2. The number of hydrogen-bond acceptors (Lipinski definition) is 1. The molecular formula is C8H4BrF5O. The molecule has 0 amide bonds. The molecule has 1 rings (SSSR count). The lowest BCUT2D eigenvalue weighted by Crippen LogP contribution is -2.18. The maximum atomic E-state index is 12.6. The van der Waals surface area contributed by atoms with Crippen molar-refractivity contribution in [2.75, 3.05) is 0 Å². The van der Waals surface area contributed by atoms with Crippen LogP contribution < -0.4 is 0 Å². The summed E-state index contributed by atoms with van der Waals surface area (Å²) in [7, 11) is 0. The second-order valence-corrected chi connectivity index (χ2v) is 3.80. The minimum atomic E-state index is -3.75. The number of aliphatic hydroxyl groups excluding tert-OH is 1. The molecule has 7 heteroatoms. The van der Waals surface area contributed by atoms with Crippen molar-refractivity contribution < 1.29 is 27.1 Å². The third-order valence-corrected chi connectivity index (χ3v) is 2.07. The zero-order chi connectivity index (χ0) is 11.8. The zero-order valence-corrected chi connectivity index (χ0v) is 8.53. The summed E-state index contributed by atoms with van der Waals surface area (Å²) in [5, 5.41) is 8.94. The van der Waals surface area contributed by atoms with Crippen LogP contribution in [0.4, 0.5) is 22.0 Å². The van der Waals surface area contributed by atoms with E-state index in [1.807, 2.05) is 15.9 Å². The third kappa shape index (κ3) is 2.66. The molecule has 0 fully saturated rings. The van der Waals surface area contributed by atoms with Crippen molar-refractivity contribution in [1.29, 1.82) is 0 Å². The van der Waals surface area contributed by atoms with Gasteiger partial charge in [-0.1, -0.05) is 0 Å². The van der Waals surface area contributed by atoms with Crippen LogP contribution in [-0.4, -0.2) is 9.94 Å². The van der Waals surface area contributed by atoms with Crippen LogP contribution in [0.25, 0.3) is 0 Å². The van der Waals surface area contributed by atoms with E-state index in [1.54, 1.807) is 0 Å². The number of halogens is 6. The van der Waals surface area contributed by atoms with Gasteiger partial charge in [0.2, 0.25) is 0 Å². The van der Waals surface area contributed by atoms with Gasteiger partial charge in [0.15, 0.2) is 23.6 Å². The Balaban J connectivity index is 3.17. The molecule has 84 valence electrons. The molecule has 1 unspecified atom stereocenters. The van der Waals surface area contributed by atoms with Crippen LogP contribution in [0.3, 0.4) is 0 Å². The van der Waals surface area contributed by atoms with Crippen LogP contribution in [-0.2, 0) is 0 Å². The highest BCUT2D eigenvalue weighted by Gasteiger charge is 2.37. The summed E-state index contributed by atoms with van der Waals surface area (Å²) in [5.74, 6) is -5.05. The van der Waals surface area contributed by atoms with Crippen molar-refractivity contribution in [1.82, 2.24) is 0 Å². The van der Waals surface area contributed by atoms with Crippen molar-refractivity contribution in [3.05, 3.63) is 35.1 Å². The van der Waals surface area contributed by atoms with Crippen molar-refractivity contribution >= 4 is 15.9 Å². The topological polar surface area (TPSA) is 20.2 Å².